The van der Waals surface area contributed by atoms with Gasteiger partial charge >= 0.3 is 0 Å². The van der Waals surface area contributed by atoms with Gasteiger partial charge in [-0.2, -0.15) is 23.5 Å². The van der Waals surface area contributed by atoms with Crippen molar-refractivity contribution in [3.8, 4) is 0 Å². The van der Waals surface area contributed by atoms with E-state index in [1.807, 2.05) is 0 Å². The number of benzene rings is 2. The second kappa shape index (κ2) is 7.24. The number of halogens is 4. The minimum atomic E-state index is -0.310. The van der Waals surface area contributed by atoms with E-state index in [4.69, 9.17) is 0 Å². The molecule has 0 aromatic heterocycles. The van der Waals surface area contributed by atoms with Crippen LogP contribution in [-0.2, 0) is 23.0 Å². The maximum absolute atomic E-state index is 14.1. The second-order valence-corrected chi connectivity index (χ2v) is 8.74. The van der Waals surface area contributed by atoms with Gasteiger partial charge < -0.3 is 0 Å². The van der Waals surface area contributed by atoms with Crippen LogP contribution in [0.15, 0.2) is 33.2 Å². The normalized spacial score (nSPS) is 15.1. The summed E-state index contributed by atoms with van der Waals surface area (Å²) in [6.45, 7) is 0. The summed E-state index contributed by atoms with van der Waals surface area (Å²) in [5.74, 6) is 1.79. The first-order valence-corrected chi connectivity index (χ1v) is 10.5. The fraction of sp³-hybridized carbons (Fsp3) is 0.250. The largest absolute Gasteiger partial charge is 0.207 e. The zero-order chi connectivity index (χ0) is 15.7. The lowest BCUT2D eigenvalue weighted by Gasteiger charge is -2.13. The SMILES string of the molecule is Fc1cc2c(F)cc1CSCc1cc(Br)c(cc1Br)CSC2. The molecule has 6 heteroatoms. The Balaban J connectivity index is 1.96. The Labute approximate surface area is 153 Å². The summed E-state index contributed by atoms with van der Waals surface area (Å²) in [4.78, 5) is 0. The van der Waals surface area contributed by atoms with Crippen LogP contribution in [0.3, 0.4) is 0 Å². The molecule has 0 N–H and O–H groups in total. The van der Waals surface area contributed by atoms with Gasteiger partial charge in [0.15, 0.2) is 0 Å². The monoisotopic (exact) mass is 464 g/mol. The van der Waals surface area contributed by atoms with E-state index >= 15 is 0 Å². The van der Waals surface area contributed by atoms with Crippen LogP contribution < -0.4 is 0 Å². The van der Waals surface area contributed by atoms with Crippen molar-refractivity contribution in [2.75, 3.05) is 0 Å². The fourth-order valence-corrected chi connectivity index (χ4v) is 5.68. The Morgan fingerprint density at radius 3 is 1.41 bits per heavy atom. The van der Waals surface area contributed by atoms with Crippen LogP contribution in [0.2, 0.25) is 0 Å². The smallest absolute Gasteiger partial charge is 0.127 e. The van der Waals surface area contributed by atoms with Crippen molar-refractivity contribution in [1.82, 2.24) is 0 Å². The summed E-state index contributed by atoms with van der Waals surface area (Å²) in [6, 6.07) is 6.91. The number of thioether (sulfide) groups is 2. The van der Waals surface area contributed by atoms with Gasteiger partial charge in [-0.3, -0.25) is 0 Å². The average Bonchev–Trinajstić information content (AvgIpc) is 2.47. The molecule has 6 rings (SSSR count). The van der Waals surface area contributed by atoms with Crippen molar-refractivity contribution in [2.45, 2.75) is 23.0 Å². The van der Waals surface area contributed by atoms with E-state index in [0.717, 1.165) is 31.6 Å². The molecule has 0 saturated heterocycles. The molecule has 116 valence electrons. The second-order valence-electron chi connectivity index (χ2n) is 5.06. The van der Waals surface area contributed by atoms with Crippen LogP contribution in [-0.4, -0.2) is 0 Å². The van der Waals surface area contributed by atoms with Crippen molar-refractivity contribution in [1.29, 1.82) is 0 Å². The standard InChI is InChI=1S/C16H12Br2F2S2/c17-13-1-9-5-21-7-11-3-16(20)12(4-15(11)19)8-22-6-10(13)2-14(9)18/h1-4H,5-8H2. The zero-order valence-electron chi connectivity index (χ0n) is 11.5. The van der Waals surface area contributed by atoms with Crippen LogP contribution in [0, 0.1) is 11.6 Å². The third-order valence-corrected chi connectivity index (χ3v) is 7.00. The molecule has 0 nitrogen and oxygen atoms in total. The number of hydrogen-bond donors (Lipinski definition) is 0. The molecule has 22 heavy (non-hydrogen) atoms. The summed E-state index contributed by atoms with van der Waals surface area (Å²) < 4.78 is 30.3. The molecule has 2 aromatic rings. The van der Waals surface area contributed by atoms with Gasteiger partial charge in [0.25, 0.3) is 0 Å². The van der Waals surface area contributed by atoms with E-state index in [9.17, 15) is 8.78 Å². The summed E-state index contributed by atoms with van der Waals surface area (Å²) in [5.41, 5.74) is 3.17. The Morgan fingerprint density at radius 1 is 0.636 bits per heavy atom. The van der Waals surface area contributed by atoms with Gasteiger partial charge in [-0.15, -0.1) is 0 Å². The van der Waals surface area contributed by atoms with E-state index in [0.29, 0.717) is 22.6 Å². The lowest BCUT2D eigenvalue weighted by molar-refractivity contribution is 0.583. The Kier molecular flexibility index (Phi) is 5.53. The molecule has 4 heterocycles. The molecule has 0 fully saturated rings. The van der Waals surface area contributed by atoms with Gasteiger partial charge in [-0.1, -0.05) is 31.9 Å². The highest BCUT2D eigenvalue weighted by atomic mass is 79.9. The van der Waals surface area contributed by atoms with Crippen molar-refractivity contribution >= 4 is 55.4 Å². The Hall–Kier alpha value is -0.0400. The van der Waals surface area contributed by atoms with E-state index in [-0.39, 0.29) is 11.6 Å². The average molecular weight is 466 g/mol. The fourth-order valence-electron chi connectivity index (χ4n) is 2.24. The zero-order valence-corrected chi connectivity index (χ0v) is 16.3. The van der Waals surface area contributed by atoms with E-state index in [1.54, 1.807) is 23.5 Å². The molecular weight excluding hydrogens is 454 g/mol. The molecule has 4 aliphatic heterocycles. The van der Waals surface area contributed by atoms with Gasteiger partial charge in [0.1, 0.15) is 11.6 Å². The lowest BCUT2D eigenvalue weighted by atomic mass is 10.1. The van der Waals surface area contributed by atoms with Crippen molar-refractivity contribution in [3.63, 3.8) is 0 Å². The minimum Gasteiger partial charge on any atom is -0.207 e. The van der Waals surface area contributed by atoms with Crippen LogP contribution >= 0.6 is 55.4 Å². The maximum atomic E-state index is 14.1. The van der Waals surface area contributed by atoms with Gasteiger partial charge in [0, 0.05) is 43.1 Å². The molecule has 0 aliphatic carbocycles. The first-order chi connectivity index (χ1) is 10.5. The first kappa shape index (κ1) is 16.8. The maximum Gasteiger partial charge on any atom is 0.127 e. The van der Waals surface area contributed by atoms with E-state index in [2.05, 4.69) is 44.0 Å². The quantitative estimate of drug-likeness (QED) is 0.426. The lowest BCUT2D eigenvalue weighted by Crippen LogP contribution is -1.98. The minimum absolute atomic E-state index is 0.310. The highest BCUT2D eigenvalue weighted by Gasteiger charge is 2.13. The Morgan fingerprint density at radius 2 is 1.00 bits per heavy atom. The molecule has 0 spiro atoms. The molecule has 4 aliphatic rings. The predicted octanol–water partition coefficient (Wildman–Crippen LogP) is 6.67. The number of rotatable bonds is 0. The molecule has 0 atom stereocenters. The van der Waals surface area contributed by atoms with E-state index in [1.165, 1.54) is 12.1 Å². The van der Waals surface area contributed by atoms with Crippen LogP contribution in [0.5, 0.6) is 0 Å². The Bertz CT molecular complexity index is 599. The molecule has 0 saturated carbocycles. The van der Waals surface area contributed by atoms with Gasteiger partial charge in [-0.25, -0.2) is 8.78 Å². The summed E-state index contributed by atoms with van der Waals surface area (Å²) in [5, 5.41) is 0. The molecular formula is C16H12Br2F2S2. The van der Waals surface area contributed by atoms with Gasteiger partial charge in [0.05, 0.1) is 0 Å². The molecule has 0 amide bonds. The molecule has 0 radical (unpaired) electrons. The predicted molar refractivity (Wildman–Crippen MR) is 98.2 cm³/mol. The highest BCUT2D eigenvalue weighted by molar-refractivity contribution is 9.11. The molecule has 2 aromatic carbocycles. The van der Waals surface area contributed by atoms with Crippen molar-refractivity contribution in [2.24, 2.45) is 0 Å². The molecule has 4 bridgehead atoms. The number of hydrogen-bond acceptors (Lipinski definition) is 2. The van der Waals surface area contributed by atoms with Gasteiger partial charge in [-0.05, 0) is 35.4 Å². The summed E-state index contributed by atoms with van der Waals surface area (Å²) in [6.07, 6.45) is 0. The van der Waals surface area contributed by atoms with Crippen LogP contribution in [0.25, 0.3) is 0 Å². The third kappa shape index (κ3) is 3.71. The summed E-state index contributed by atoms with van der Waals surface area (Å²) in [7, 11) is 0. The topological polar surface area (TPSA) is 0 Å². The van der Waals surface area contributed by atoms with Crippen LogP contribution in [0.4, 0.5) is 8.78 Å². The van der Waals surface area contributed by atoms with Crippen molar-refractivity contribution < 1.29 is 8.78 Å². The first-order valence-electron chi connectivity index (χ1n) is 6.63. The van der Waals surface area contributed by atoms with E-state index < -0.39 is 0 Å². The van der Waals surface area contributed by atoms with Crippen molar-refractivity contribution in [3.05, 3.63) is 67.1 Å². The summed E-state index contributed by atoms with van der Waals surface area (Å²) >= 11 is 10.4. The third-order valence-electron chi connectivity index (χ3n) is 3.46. The van der Waals surface area contributed by atoms with Crippen LogP contribution in [0.1, 0.15) is 22.3 Å². The van der Waals surface area contributed by atoms with Gasteiger partial charge in [0.2, 0.25) is 0 Å². The highest BCUT2D eigenvalue weighted by Crippen LogP contribution is 2.34. The molecule has 0 unspecified atom stereocenters.